The third kappa shape index (κ3) is 7.11. The molecule has 0 heterocycles. The fourth-order valence-corrected chi connectivity index (χ4v) is 2.82. The van der Waals surface area contributed by atoms with Gasteiger partial charge in [0.15, 0.2) is 5.78 Å². The predicted octanol–water partition coefficient (Wildman–Crippen LogP) is 6.37. The van der Waals surface area contributed by atoms with E-state index in [4.69, 9.17) is 9.47 Å². The van der Waals surface area contributed by atoms with Gasteiger partial charge in [-0.25, -0.2) is 0 Å². The van der Waals surface area contributed by atoms with E-state index in [-0.39, 0.29) is 22.7 Å². The highest BCUT2D eigenvalue weighted by molar-refractivity contribution is 6.06. The molecule has 0 amide bonds. The zero-order valence-electron chi connectivity index (χ0n) is 18.8. The Bertz CT molecular complexity index is 886. The molecule has 0 unspecified atom stereocenters. The number of hydrogen-bond acceptors (Lipinski definition) is 4. The molecule has 0 atom stereocenters. The second-order valence-electron chi connectivity index (χ2n) is 9.16. The number of carbonyl (C=O) groups is 1. The molecule has 0 fully saturated rings. The number of carbonyl (C=O) groups excluding carboxylic acids is 1. The second-order valence-corrected chi connectivity index (χ2v) is 9.16. The normalized spacial score (nSPS) is 12.1. The number of ketones is 1. The Balaban J connectivity index is 2.48. The molecule has 0 bridgehead atoms. The maximum Gasteiger partial charge on any atom is 0.185 e. The van der Waals surface area contributed by atoms with Gasteiger partial charge < -0.3 is 14.6 Å². The number of rotatable bonds is 7. The van der Waals surface area contributed by atoms with Crippen LogP contribution in [0.5, 0.6) is 17.2 Å². The van der Waals surface area contributed by atoms with Crippen molar-refractivity contribution in [3.05, 3.63) is 71.8 Å². The van der Waals surface area contributed by atoms with Crippen LogP contribution in [-0.2, 0) is 6.42 Å². The maximum atomic E-state index is 12.5. The van der Waals surface area contributed by atoms with Crippen molar-refractivity contribution in [2.24, 2.45) is 0 Å². The highest BCUT2D eigenvalue weighted by Crippen LogP contribution is 2.36. The molecule has 1 N–H and O–H groups in total. The first-order valence-corrected chi connectivity index (χ1v) is 10.1. The molecular weight excluding hydrogens is 376 g/mol. The zero-order valence-corrected chi connectivity index (χ0v) is 18.8. The van der Waals surface area contributed by atoms with E-state index >= 15 is 0 Å². The molecule has 0 aromatic heterocycles. The van der Waals surface area contributed by atoms with E-state index in [1.165, 1.54) is 18.2 Å². The third-order valence-electron chi connectivity index (χ3n) is 3.95. The summed E-state index contributed by atoms with van der Waals surface area (Å²) in [5.74, 6) is 1.39. The first-order chi connectivity index (χ1) is 13.9. The molecule has 0 aliphatic rings. The highest BCUT2D eigenvalue weighted by Gasteiger charge is 2.21. The fourth-order valence-electron chi connectivity index (χ4n) is 2.82. The summed E-state index contributed by atoms with van der Waals surface area (Å²) in [5, 5.41) is 9.40. The van der Waals surface area contributed by atoms with Crippen molar-refractivity contribution in [3.8, 4) is 17.2 Å². The number of phenolic OH excluding ortho intramolecular Hbond substituents is 1. The van der Waals surface area contributed by atoms with Gasteiger partial charge in [0.05, 0.1) is 0 Å². The standard InChI is InChI=1S/C26H32O4/c1-8-9-21-23(29-25(2,3)4)16-18(17-24(21)30-26(5,6)7)10-15-22(28)19-11-13-20(27)14-12-19/h8,10-17,27H,1,9H2,2-7H3. The van der Waals surface area contributed by atoms with Crippen molar-refractivity contribution in [1.82, 2.24) is 0 Å². The first kappa shape index (κ1) is 23.3. The molecule has 0 spiro atoms. The van der Waals surface area contributed by atoms with Crippen molar-refractivity contribution in [2.45, 2.75) is 59.2 Å². The van der Waals surface area contributed by atoms with E-state index < -0.39 is 0 Å². The minimum Gasteiger partial charge on any atom is -0.508 e. The summed E-state index contributed by atoms with van der Waals surface area (Å²) >= 11 is 0. The molecule has 2 aromatic carbocycles. The number of benzene rings is 2. The molecule has 0 saturated heterocycles. The molecule has 0 aliphatic carbocycles. The summed E-state index contributed by atoms with van der Waals surface area (Å²) < 4.78 is 12.4. The summed E-state index contributed by atoms with van der Waals surface area (Å²) in [5.41, 5.74) is 1.45. The van der Waals surface area contributed by atoms with Crippen molar-refractivity contribution >= 4 is 11.9 Å². The van der Waals surface area contributed by atoms with Gasteiger partial charge in [-0.15, -0.1) is 6.58 Å². The van der Waals surface area contributed by atoms with Crippen LogP contribution in [-0.4, -0.2) is 22.1 Å². The lowest BCUT2D eigenvalue weighted by molar-refractivity contribution is 0.104. The topological polar surface area (TPSA) is 55.8 Å². The van der Waals surface area contributed by atoms with Gasteiger partial charge in [0, 0.05) is 11.1 Å². The van der Waals surface area contributed by atoms with Crippen LogP contribution in [0, 0.1) is 0 Å². The fraction of sp³-hybridized carbons (Fsp3) is 0.346. The molecule has 160 valence electrons. The van der Waals surface area contributed by atoms with E-state index in [9.17, 15) is 9.90 Å². The average Bonchev–Trinajstić information content (AvgIpc) is 2.60. The largest absolute Gasteiger partial charge is 0.508 e. The monoisotopic (exact) mass is 408 g/mol. The molecule has 4 nitrogen and oxygen atoms in total. The van der Waals surface area contributed by atoms with Gasteiger partial charge in [0.25, 0.3) is 0 Å². The predicted molar refractivity (Wildman–Crippen MR) is 123 cm³/mol. The first-order valence-electron chi connectivity index (χ1n) is 10.1. The maximum absolute atomic E-state index is 12.5. The lowest BCUT2D eigenvalue weighted by Crippen LogP contribution is -2.26. The van der Waals surface area contributed by atoms with E-state index in [1.807, 2.05) is 59.8 Å². The van der Waals surface area contributed by atoms with Crippen molar-refractivity contribution in [2.75, 3.05) is 0 Å². The smallest absolute Gasteiger partial charge is 0.185 e. The molecule has 30 heavy (non-hydrogen) atoms. The van der Waals surface area contributed by atoms with Gasteiger partial charge in [-0.2, -0.15) is 0 Å². The van der Waals surface area contributed by atoms with Gasteiger partial charge in [-0.1, -0.05) is 12.2 Å². The van der Waals surface area contributed by atoms with Gasteiger partial charge in [0.2, 0.25) is 0 Å². The highest BCUT2D eigenvalue weighted by atomic mass is 16.5. The lowest BCUT2D eigenvalue weighted by Gasteiger charge is -2.28. The molecule has 0 aliphatic heterocycles. The Morgan fingerprint density at radius 3 is 1.90 bits per heavy atom. The van der Waals surface area contributed by atoms with E-state index in [0.29, 0.717) is 23.5 Å². The van der Waals surface area contributed by atoms with Crippen molar-refractivity contribution in [3.63, 3.8) is 0 Å². The summed E-state index contributed by atoms with van der Waals surface area (Å²) in [6.07, 6.45) is 5.69. The van der Waals surface area contributed by atoms with Crippen LogP contribution >= 0.6 is 0 Å². The van der Waals surface area contributed by atoms with Crippen molar-refractivity contribution in [1.29, 1.82) is 0 Å². The second kappa shape index (κ2) is 9.21. The Hall–Kier alpha value is -3.01. The Labute approximate surface area is 179 Å². The summed E-state index contributed by atoms with van der Waals surface area (Å²) in [6.45, 7) is 15.8. The molecule has 4 heteroatoms. The van der Waals surface area contributed by atoms with Crippen molar-refractivity contribution < 1.29 is 19.4 Å². The van der Waals surface area contributed by atoms with Crippen LogP contribution in [0.2, 0.25) is 0 Å². The van der Waals surface area contributed by atoms with Crippen LogP contribution < -0.4 is 9.47 Å². The van der Waals surface area contributed by atoms with Gasteiger partial charge in [-0.05, 0) is 96.0 Å². The summed E-state index contributed by atoms with van der Waals surface area (Å²) in [7, 11) is 0. The molecule has 2 rings (SSSR count). The number of aromatic hydroxyl groups is 1. The molecule has 2 aromatic rings. The van der Waals surface area contributed by atoms with Crippen LogP contribution in [0.15, 0.2) is 55.1 Å². The van der Waals surface area contributed by atoms with Crippen LogP contribution in [0.25, 0.3) is 6.08 Å². The van der Waals surface area contributed by atoms with E-state index in [1.54, 1.807) is 18.2 Å². The van der Waals surface area contributed by atoms with Crippen LogP contribution in [0.4, 0.5) is 0 Å². The zero-order chi connectivity index (χ0) is 22.5. The van der Waals surface area contributed by atoms with Crippen LogP contribution in [0.1, 0.15) is 63.0 Å². The van der Waals surface area contributed by atoms with E-state index in [0.717, 1.165) is 11.1 Å². The van der Waals surface area contributed by atoms with E-state index in [2.05, 4.69) is 6.58 Å². The SMILES string of the molecule is C=CCc1c(OC(C)(C)C)cc(C=CC(=O)c2ccc(O)cc2)cc1OC(C)(C)C. The minimum absolute atomic E-state index is 0.126. The number of phenols is 1. The third-order valence-corrected chi connectivity index (χ3v) is 3.95. The van der Waals surface area contributed by atoms with Gasteiger partial charge >= 0.3 is 0 Å². The minimum atomic E-state index is -0.390. The Kier molecular flexibility index (Phi) is 7.14. The Morgan fingerprint density at radius 2 is 1.47 bits per heavy atom. The molecule has 0 radical (unpaired) electrons. The van der Waals surface area contributed by atoms with Crippen LogP contribution in [0.3, 0.4) is 0 Å². The van der Waals surface area contributed by atoms with Gasteiger partial charge in [0.1, 0.15) is 28.5 Å². The summed E-state index contributed by atoms with van der Waals surface area (Å²) in [4.78, 5) is 12.5. The quantitative estimate of drug-likeness (QED) is 0.328. The lowest BCUT2D eigenvalue weighted by atomic mass is 10.0. The number of ether oxygens (including phenoxy) is 2. The molecular formula is C26H32O4. The van der Waals surface area contributed by atoms with Gasteiger partial charge in [-0.3, -0.25) is 4.79 Å². The molecule has 0 saturated carbocycles. The average molecular weight is 409 g/mol. The number of allylic oxidation sites excluding steroid dienone is 2. The Morgan fingerprint density at radius 1 is 0.967 bits per heavy atom. The summed E-state index contributed by atoms with van der Waals surface area (Å²) in [6, 6.07) is 10.0. The number of hydrogen-bond donors (Lipinski definition) is 1.